The van der Waals surface area contributed by atoms with E-state index in [0.29, 0.717) is 12.1 Å². The SMILES string of the molecule is CCNC(CC(C)C)C1CSCCO1. The molecule has 1 N–H and O–H groups in total. The highest BCUT2D eigenvalue weighted by molar-refractivity contribution is 7.99. The average molecular weight is 217 g/mol. The monoisotopic (exact) mass is 217 g/mol. The topological polar surface area (TPSA) is 21.3 Å². The lowest BCUT2D eigenvalue weighted by atomic mass is 10.00. The maximum Gasteiger partial charge on any atom is 0.0818 e. The molecule has 0 saturated carbocycles. The first-order valence-electron chi connectivity index (χ1n) is 5.66. The van der Waals surface area contributed by atoms with Crippen LogP contribution in [-0.4, -0.2) is 36.8 Å². The van der Waals surface area contributed by atoms with E-state index in [4.69, 9.17) is 4.74 Å². The zero-order valence-electron chi connectivity index (χ0n) is 9.58. The standard InChI is InChI=1S/C11H23NOS/c1-4-12-10(7-9(2)3)11-8-14-6-5-13-11/h9-12H,4-8H2,1-3H3. The molecule has 1 fully saturated rings. The number of hydrogen-bond acceptors (Lipinski definition) is 3. The van der Waals surface area contributed by atoms with Gasteiger partial charge in [-0.1, -0.05) is 20.8 Å². The smallest absolute Gasteiger partial charge is 0.0818 e. The third-order valence-electron chi connectivity index (χ3n) is 2.48. The third kappa shape index (κ3) is 4.20. The lowest BCUT2D eigenvalue weighted by Crippen LogP contribution is -2.45. The molecule has 84 valence electrons. The van der Waals surface area contributed by atoms with Gasteiger partial charge in [0.25, 0.3) is 0 Å². The van der Waals surface area contributed by atoms with E-state index in [-0.39, 0.29) is 0 Å². The van der Waals surface area contributed by atoms with E-state index >= 15 is 0 Å². The summed E-state index contributed by atoms with van der Waals surface area (Å²) in [5, 5.41) is 3.55. The fourth-order valence-electron chi connectivity index (χ4n) is 1.87. The van der Waals surface area contributed by atoms with Gasteiger partial charge in [-0.2, -0.15) is 11.8 Å². The van der Waals surface area contributed by atoms with Crippen LogP contribution in [0.3, 0.4) is 0 Å². The Hall–Kier alpha value is 0.270. The van der Waals surface area contributed by atoms with Gasteiger partial charge in [-0.15, -0.1) is 0 Å². The lowest BCUT2D eigenvalue weighted by Gasteiger charge is -2.31. The van der Waals surface area contributed by atoms with Crippen molar-refractivity contribution in [3.05, 3.63) is 0 Å². The molecule has 3 heteroatoms. The number of likely N-dealkylation sites (N-methyl/N-ethyl adjacent to an activating group) is 1. The summed E-state index contributed by atoms with van der Waals surface area (Å²) in [5.74, 6) is 3.07. The zero-order valence-corrected chi connectivity index (χ0v) is 10.4. The van der Waals surface area contributed by atoms with E-state index in [0.717, 1.165) is 30.6 Å². The highest BCUT2D eigenvalue weighted by Gasteiger charge is 2.24. The van der Waals surface area contributed by atoms with Crippen LogP contribution in [0, 0.1) is 5.92 Å². The summed E-state index contributed by atoms with van der Waals surface area (Å²) >= 11 is 2.02. The molecule has 2 atom stereocenters. The van der Waals surface area contributed by atoms with Gasteiger partial charge in [-0.05, 0) is 18.9 Å². The summed E-state index contributed by atoms with van der Waals surface area (Å²) in [6, 6.07) is 0.549. The second-order valence-electron chi connectivity index (χ2n) is 4.28. The van der Waals surface area contributed by atoms with Crippen LogP contribution in [0.1, 0.15) is 27.2 Å². The van der Waals surface area contributed by atoms with Gasteiger partial charge in [0.1, 0.15) is 0 Å². The highest BCUT2D eigenvalue weighted by atomic mass is 32.2. The van der Waals surface area contributed by atoms with Crippen molar-refractivity contribution < 1.29 is 4.74 Å². The Morgan fingerprint density at radius 1 is 1.50 bits per heavy atom. The summed E-state index contributed by atoms with van der Waals surface area (Å²) in [4.78, 5) is 0. The van der Waals surface area contributed by atoms with E-state index in [2.05, 4.69) is 26.1 Å². The number of thioether (sulfide) groups is 1. The second-order valence-corrected chi connectivity index (χ2v) is 5.43. The predicted octanol–water partition coefficient (Wildman–Crippen LogP) is 2.14. The van der Waals surface area contributed by atoms with Gasteiger partial charge in [0.2, 0.25) is 0 Å². The van der Waals surface area contributed by atoms with Crippen molar-refractivity contribution in [3.8, 4) is 0 Å². The fourth-order valence-corrected chi connectivity index (χ4v) is 2.82. The molecule has 0 amide bonds. The van der Waals surface area contributed by atoms with Crippen molar-refractivity contribution in [2.24, 2.45) is 5.92 Å². The van der Waals surface area contributed by atoms with Crippen LogP contribution in [0.4, 0.5) is 0 Å². The molecule has 0 spiro atoms. The highest BCUT2D eigenvalue weighted by Crippen LogP contribution is 2.19. The molecule has 1 rings (SSSR count). The molecule has 1 saturated heterocycles. The minimum absolute atomic E-state index is 0.427. The van der Waals surface area contributed by atoms with Crippen molar-refractivity contribution in [2.75, 3.05) is 24.7 Å². The molecule has 1 aliphatic rings. The van der Waals surface area contributed by atoms with Gasteiger partial charge < -0.3 is 10.1 Å². The Bertz CT molecular complexity index is 146. The summed E-state index contributed by atoms with van der Waals surface area (Å²) in [6.45, 7) is 8.70. The normalized spacial score (nSPS) is 25.3. The summed E-state index contributed by atoms with van der Waals surface area (Å²) < 4.78 is 5.81. The van der Waals surface area contributed by atoms with Crippen LogP contribution in [0.15, 0.2) is 0 Å². The number of ether oxygens (including phenoxy) is 1. The quantitative estimate of drug-likeness (QED) is 0.762. The van der Waals surface area contributed by atoms with Gasteiger partial charge in [-0.3, -0.25) is 0 Å². The molecule has 0 bridgehead atoms. The van der Waals surface area contributed by atoms with Gasteiger partial charge in [0, 0.05) is 17.5 Å². The number of rotatable bonds is 5. The van der Waals surface area contributed by atoms with Crippen molar-refractivity contribution >= 4 is 11.8 Å². The Balaban J connectivity index is 2.38. The summed E-state index contributed by atoms with van der Waals surface area (Å²) in [6.07, 6.45) is 1.65. The van der Waals surface area contributed by atoms with Gasteiger partial charge in [0.05, 0.1) is 12.7 Å². The molecular formula is C11H23NOS. The Kier molecular flexibility index (Phi) is 5.90. The maximum absolute atomic E-state index is 5.81. The van der Waals surface area contributed by atoms with E-state index in [1.54, 1.807) is 0 Å². The molecule has 0 radical (unpaired) electrons. The van der Waals surface area contributed by atoms with Crippen molar-refractivity contribution in [1.82, 2.24) is 5.32 Å². The first-order chi connectivity index (χ1) is 6.74. The van der Waals surface area contributed by atoms with Gasteiger partial charge in [0.15, 0.2) is 0 Å². The Morgan fingerprint density at radius 2 is 2.29 bits per heavy atom. The van der Waals surface area contributed by atoms with E-state index in [1.807, 2.05) is 11.8 Å². The van der Waals surface area contributed by atoms with Gasteiger partial charge >= 0.3 is 0 Å². The minimum Gasteiger partial charge on any atom is -0.375 e. The molecule has 0 aliphatic carbocycles. The molecule has 1 aliphatic heterocycles. The van der Waals surface area contributed by atoms with E-state index in [9.17, 15) is 0 Å². The summed E-state index contributed by atoms with van der Waals surface area (Å²) in [5.41, 5.74) is 0. The molecule has 0 aromatic carbocycles. The largest absolute Gasteiger partial charge is 0.375 e. The van der Waals surface area contributed by atoms with E-state index in [1.165, 1.54) is 6.42 Å². The van der Waals surface area contributed by atoms with Crippen LogP contribution in [0.2, 0.25) is 0 Å². The van der Waals surface area contributed by atoms with Crippen LogP contribution in [0.25, 0.3) is 0 Å². The average Bonchev–Trinajstić information content (AvgIpc) is 2.18. The first kappa shape index (κ1) is 12.3. The Labute approximate surface area is 92.2 Å². The van der Waals surface area contributed by atoms with Crippen LogP contribution < -0.4 is 5.32 Å². The van der Waals surface area contributed by atoms with E-state index < -0.39 is 0 Å². The summed E-state index contributed by atoms with van der Waals surface area (Å²) in [7, 11) is 0. The molecule has 14 heavy (non-hydrogen) atoms. The molecule has 0 aromatic heterocycles. The molecule has 2 nitrogen and oxygen atoms in total. The zero-order chi connectivity index (χ0) is 10.4. The Morgan fingerprint density at radius 3 is 2.79 bits per heavy atom. The van der Waals surface area contributed by atoms with Crippen LogP contribution >= 0.6 is 11.8 Å². The van der Waals surface area contributed by atoms with Crippen molar-refractivity contribution in [2.45, 2.75) is 39.3 Å². The van der Waals surface area contributed by atoms with Crippen LogP contribution in [-0.2, 0) is 4.74 Å². The minimum atomic E-state index is 0.427. The first-order valence-corrected chi connectivity index (χ1v) is 6.82. The molecule has 2 unspecified atom stereocenters. The maximum atomic E-state index is 5.81. The molecule has 0 aromatic rings. The second kappa shape index (κ2) is 6.70. The van der Waals surface area contributed by atoms with Crippen molar-refractivity contribution in [1.29, 1.82) is 0 Å². The number of nitrogens with one attached hydrogen (secondary N) is 1. The van der Waals surface area contributed by atoms with Crippen LogP contribution in [0.5, 0.6) is 0 Å². The number of hydrogen-bond donors (Lipinski definition) is 1. The lowest BCUT2D eigenvalue weighted by molar-refractivity contribution is 0.0419. The van der Waals surface area contributed by atoms with Gasteiger partial charge in [-0.25, -0.2) is 0 Å². The molecule has 1 heterocycles. The van der Waals surface area contributed by atoms with Crippen molar-refractivity contribution in [3.63, 3.8) is 0 Å². The third-order valence-corrected chi connectivity index (χ3v) is 3.50. The fraction of sp³-hybridized carbons (Fsp3) is 1.00. The molecular weight excluding hydrogens is 194 g/mol. The predicted molar refractivity (Wildman–Crippen MR) is 64.0 cm³/mol.